The van der Waals surface area contributed by atoms with E-state index in [1.165, 1.54) is 21.6 Å². The third-order valence-corrected chi connectivity index (χ3v) is 10.2. The number of morpholine rings is 1. The Bertz CT molecular complexity index is 1480. The molecule has 2 saturated heterocycles. The van der Waals surface area contributed by atoms with Crippen molar-refractivity contribution in [1.29, 1.82) is 0 Å². The Morgan fingerprint density at radius 2 is 1.68 bits per heavy atom. The molecule has 8 nitrogen and oxygen atoms in total. The minimum atomic E-state index is -0.799. The predicted molar refractivity (Wildman–Crippen MR) is 144 cm³/mol. The molecule has 3 aliphatic rings. The first-order valence-electron chi connectivity index (χ1n) is 12.0. The van der Waals surface area contributed by atoms with Gasteiger partial charge in [-0.25, -0.2) is 9.29 Å². The summed E-state index contributed by atoms with van der Waals surface area (Å²) in [5.74, 6) is -2.80. The van der Waals surface area contributed by atoms with Gasteiger partial charge in [0.25, 0.3) is 0 Å². The Labute approximate surface area is 233 Å². The summed E-state index contributed by atoms with van der Waals surface area (Å²) < 4.78 is 21.4. The van der Waals surface area contributed by atoms with E-state index in [4.69, 9.17) is 4.74 Å². The van der Waals surface area contributed by atoms with Gasteiger partial charge in [-0.1, -0.05) is 51.2 Å². The van der Waals surface area contributed by atoms with Gasteiger partial charge in [0.1, 0.15) is 17.6 Å². The van der Waals surface area contributed by atoms with Gasteiger partial charge in [0.2, 0.25) is 17.7 Å². The van der Waals surface area contributed by atoms with E-state index >= 15 is 0 Å². The number of anilines is 1. The molecule has 0 spiro atoms. The largest absolute Gasteiger partial charge is 0.378 e. The van der Waals surface area contributed by atoms with Gasteiger partial charge >= 0.3 is 4.87 Å². The van der Waals surface area contributed by atoms with Crippen molar-refractivity contribution in [3.63, 3.8) is 0 Å². The van der Waals surface area contributed by atoms with E-state index in [-0.39, 0.29) is 29.1 Å². The Morgan fingerprint density at radius 3 is 2.37 bits per heavy atom. The Morgan fingerprint density at radius 1 is 1.00 bits per heavy atom. The second-order valence-corrected chi connectivity index (χ2v) is 12.2. The number of thioether (sulfide) groups is 1. The van der Waals surface area contributed by atoms with Crippen LogP contribution >= 0.6 is 39.0 Å². The number of rotatable bonds is 4. The van der Waals surface area contributed by atoms with Crippen molar-refractivity contribution < 1.29 is 23.5 Å². The van der Waals surface area contributed by atoms with E-state index in [9.17, 15) is 23.6 Å². The van der Waals surface area contributed by atoms with Gasteiger partial charge in [-0.2, -0.15) is 0 Å². The number of ether oxygens (including phenoxy) is 1. The number of nitrogens with zero attached hydrogens (tertiary/aromatic N) is 3. The second-order valence-electron chi connectivity index (χ2n) is 9.20. The first-order chi connectivity index (χ1) is 18.3. The minimum absolute atomic E-state index is 0.163. The first kappa shape index (κ1) is 25.5. The molecule has 0 saturated carbocycles. The molecule has 0 aliphatic carbocycles. The third-order valence-electron chi connectivity index (χ3n) is 7.02. The van der Waals surface area contributed by atoms with Crippen molar-refractivity contribution in [2.24, 2.45) is 5.92 Å². The number of hydrogen-bond acceptors (Lipinski definition) is 7. The van der Waals surface area contributed by atoms with Crippen LogP contribution < -0.4 is 9.77 Å². The third kappa shape index (κ3) is 4.33. The summed E-state index contributed by atoms with van der Waals surface area (Å²) in [6, 6.07) is 12.7. The summed E-state index contributed by atoms with van der Waals surface area (Å²) in [6.07, 6.45) is 0. The van der Waals surface area contributed by atoms with Crippen LogP contribution in [-0.4, -0.2) is 58.7 Å². The molecule has 0 N–H and O–H groups in total. The highest BCUT2D eigenvalue weighted by Crippen LogP contribution is 2.53. The Kier molecular flexibility index (Phi) is 6.75. The fourth-order valence-electron chi connectivity index (χ4n) is 5.18. The van der Waals surface area contributed by atoms with E-state index in [2.05, 4.69) is 15.9 Å². The predicted octanol–water partition coefficient (Wildman–Crippen LogP) is 3.47. The van der Waals surface area contributed by atoms with Crippen molar-refractivity contribution in [3.8, 4) is 0 Å². The topological polar surface area (TPSA) is 88.9 Å². The molecule has 4 heterocycles. The summed E-state index contributed by atoms with van der Waals surface area (Å²) >= 11 is 5.51. The second kappa shape index (κ2) is 10.1. The van der Waals surface area contributed by atoms with Crippen molar-refractivity contribution >= 4 is 62.4 Å². The number of amides is 3. The molecule has 2 fully saturated rings. The zero-order valence-electron chi connectivity index (χ0n) is 19.8. The number of imide groups is 1. The fourth-order valence-corrected chi connectivity index (χ4v) is 8.21. The molecule has 2 unspecified atom stereocenters. The van der Waals surface area contributed by atoms with Crippen LogP contribution in [0, 0.1) is 11.7 Å². The lowest BCUT2D eigenvalue weighted by molar-refractivity contribution is -0.136. The van der Waals surface area contributed by atoms with Gasteiger partial charge in [0.05, 0.1) is 29.8 Å². The lowest BCUT2D eigenvalue weighted by atomic mass is 9.83. The molecule has 196 valence electrons. The molecule has 3 atom stereocenters. The summed E-state index contributed by atoms with van der Waals surface area (Å²) in [5, 5.41) is -0.288. The van der Waals surface area contributed by atoms with Crippen LogP contribution in [0.5, 0.6) is 0 Å². The smallest absolute Gasteiger partial charge is 0.308 e. The van der Waals surface area contributed by atoms with Gasteiger partial charge in [-0.05, 0) is 42.0 Å². The molecule has 3 amide bonds. The normalized spacial score (nSPS) is 22.9. The summed E-state index contributed by atoms with van der Waals surface area (Å²) in [6.45, 7) is 1.62. The van der Waals surface area contributed by atoms with Gasteiger partial charge in [0.15, 0.2) is 0 Å². The van der Waals surface area contributed by atoms with Crippen molar-refractivity contribution in [3.05, 3.63) is 78.9 Å². The quantitative estimate of drug-likeness (QED) is 0.417. The van der Waals surface area contributed by atoms with Gasteiger partial charge < -0.3 is 9.64 Å². The molecular weight excluding hydrogens is 597 g/mol. The number of aromatic nitrogens is 1. The highest BCUT2D eigenvalue weighted by molar-refractivity contribution is 9.10. The molecule has 1 aromatic heterocycles. The van der Waals surface area contributed by atoms with Crippen LogP contribution in [0.3, 0.4) is 0 Å². The zero-order chi connectivity index (χ0) is 26.6. The molecule has 12 heteroatoms. The van der Waals surface area contributed by atoms with Crippen LogP contribution in [0.4, 0.5) is 10.1 Å². The molecule has 3 aromatic rings. The average Bonchev–Trinajstić information content (AvgIpc) is 3.36. The SMILES string of the molecule is O=C(Cn1c2c(sc1=O)[C@@H](c1ccc(F)cc1)C1C(=O)N(c3ccc(Br)cc3)C(=O)C1S2)N1CCOCC1. The molecule has 2 aromatic carbocycles. The molecular formula is C26H21BrFN3O5S2. The zero-order valence-corrected chi connectivity index (χ0v) is 23.1. The monoisotopic (exact) mass is 617 g/mol. The van der Waals surface area contributed by atoms with Gasteiger partial charge in [-0.15, -0.1) is 0 Å². The lowest BCUT2D eigenvalue weighted by Gasteiger charge is -2.31. The van der Waals surface area contributed by atoms with Crippen LogP contribution in [0.25, 0.3) is 0 Å². The minimum Gasteiger partial charge on any atom is -0.378 e. The van der Waals surface area contributed by atoms with E-state index in [1.54, 1.807) is 41.3 Å². The van der Waals surface area contributed by atoms with Crippen LogP contribution in [0.1, 0.15) is 16.4 Å². The Hall–Kier alpha value is -2.80. The summed E-state index contributed by atoms with van der Waals surface area (Å²) in [4.78, 5) is 56.9. The van der Waals surface area contributed by atoms with Gasteiger partial charge in [-0.3, -0.25) is 23.7 Å². The lowest BCUT2D eigenvalue weighted by Crippen LogP contribution is -2.43. The number of carbonyl (C=O) groups excluding carboxylic acids is 3. The van der Waals surface area contributed by atoms with E-state index in [0.717, 1.165) is 27.6 Å². The fraction of sp³-hybridized carbons (Fsp3) is 0.308. The highest BCUT2D eigenvalue weighted by atomic mass is 79.9. The molecule has 3 aliphatic heterocycles. The maximum absolute atomic E-state index is 13.8. The van der Waals surface area contributed by atoms with Crippen LogP contribution in [0.2, 0.25) is 0 Å². The number of hydrogen-bond donors (Lipinski definition) is 0. The van der Waals surface area contributed by atoms with Crippen LogP contribution in [-0.2, 0) is 25.7 Å². The highest BCUT2D eigenvalue weighted by Gasteiger charge is 2.56. The van der Waals surface area contributed by atoms with E-state index in [1.807, 2.05) is 0 Å². The van der Waals surface area contributed by atoms with Gasteiger partial charge in [0, 0.05) is 28.4 Å². The maximum Gasteiger partial charge on any atom is 0.308 e. The number of thiazole rings is 1. The average molecular weight is 619 g/mol. The molecule has 6 rings (SSSR count). The van der Waals surface area contributed by atoms with Crippen molar-refractivity contribution in [1.82, 2.24) is 9.47 Å². The van der Waals surface area contributed by atoms with Crippen molar-refractivity contribution in [2.75, 3.05) is 31.2 Å². The van der Waals surface area contributed by atoms with Crippen molar-refractivity contribution in [2.45, 2.75) is 22.7 Å². The molecule has 0 bridgehead atoms. The number of benzene rings is 2. The maximum atomic E-state index is 13.8. The first-order valence-corrected chi connectivity index (χ1v) is 14.5. The number of halogens is 2. The van der Waals surface area contributed by atoms with E-state index in [0.29, 0.717) is 47.5 Å². The van der Waals surface area contributed by atoms with Crippen LogP contribution in [0.15, 0.2) is 62.8 Å². The molecule has 38 heavy (non-hydrogen) atoms. The van der Waals surface area contributed by atoms with E-state index < -0.39 is 22.9 Å². The number of carbonyl (C=O) groups is 3. The Balaban J connectivity index is 1.43. The molecule has 0 radical (unpaired) electrons. The summed E-state index contributed by atoms with van der Waals surface area (Å²) in [7, 11) is 0. The number of fused-ring (bicyclic) bond motifs is 2. The summed E-state index contributed by atoms with van der Waals surface area (Å²) in [5.41, 5.74) is 1.09. The standard InChI is InChI=1S/C26H21BrFN3O5S2/c27-15-3-7-17(8-4-15)31-23(33)20-19(14-1-5-16(28)6-2-14)22-25(37-21(20)24(31)34)30(26(35)38-22)13-18(32)29-9-11-36-12-10-29/h1-8,19-21H,9-13H2/t19-,20?,21?/m0/s1.